The van der Waals surface area contributed by atoms with Crippen molar-refractivity contribution in [3.63, 3.8) is 0 Å². The second-order valence-electron chi connectivity index (χ2n) is 10.9. The fourth-order valence-corrected chi connectivity index (χ4v) is 5.71. The molecule has 0 aliphatic carbocycles. The van der Waals surface area contributed by atoms with E-state index in [1.165, 1.54) is 0 Å². The Kier molecular flexibility index (Phi) is 8.20. The van der Waals surface area contributed by atoms with Crippen molar-refractivity contribution in [3.8, 4) is 6.07 Å². The minimum absolute atomic E-state index is 0.0354. The molecule has 2 atom stereocenters. The Morgan fingerprint density at radius 1 is 1.12 bits per heavy atom. The molecular formula is C31H30ClN9O2. The molecule has 0 radical (unpaired) electrons. The number of anilines is 5. The maximum Gasteiger partial charge on any atom is 0.321 e. The first-order chi connectivity index (χ1) is 20.9. The number of hydrogen-bond donors (Lipinski definition) is 4. The first-order valence-electron chi connectivity index (χ1n) is 14.2. The molecule has 3 amide bonds. The molecule has 6 rings (SSSR count). The molecule has 1 unspecified atom stereocenters. The maximum atomic E-state index is 13.2. The van der Waals surface area contributed by atoms with Gasteiger partial charge in [-0.15, -0.1) is 0 Å². The average molecular weight is 596 g/mol. The lowest BCUT2D eigenvalue weighted by molar-refractivity contribution is -0.117. The summed E-state index contributed by atoms with van der Waals surface area (Å²) in [6.45, 7) is 1.02. The molecule has 0 saturated carbocycles. The highest BCUT2D eigenvalue weighted by molar-refractivity contribution is 6.32. The normalized spacial score (nSPS) is 18.9. The summed E-state index contributed by atoms with van der Waals surface area (Å²) >= 11 is 6.38. The lowest BCUT2D eigenvalue weighted by atomic mass is 9.94. The number of carbonyl (C=O) groups excluding carboxylic acids is 2. The third-order valence-electron chi connectivity index (χ3n) is 7.79. The number of urea groups is 1. The van der Waals surface area contributed by atoms with E-state index in [0.717, 1.165) is 48.3 Å². The van der Waals surface area contributed by atoms with Gasteiger partial charge in [0.15, 0.2) is 5.82 Å². The van der Waals surface area contributed by atoms with Gasteiger partial charge in [-0.05, 0) is 67.5 Å². The average Bonchev–Trinajstić information content (AvgIpc) is 3.47. The first kappa shape index (κ1) is 28.2. The van der Waals surface area contributed by atoms with Crippen LogP contribution in [0.4, 0.5) is 33.6 Å². The largest absolute Gasteiger partial charge is 0.339 e. The van der Waals surface area contributed by atoms with Crippen molar-refractivity contribution in [2.24, 2.45) is 16.8 Å². The van der Waals surface area contributed by atoms with Crippen LogP contribution in [0.15, 0.2) is 65.6 Å². The predicted molar refractivity (Wildman–Crippen MR) is 166 cm³/mol. The number of nitrogens with one attached hydrogen (secondary N) is 4. The quantitative estimate of drug-likeness (QED) is 0.293. The van der Waals surface area contributed by atoms with Crippen LogP contribution in [0.2, 0.25) is 5.02 Å². The van der Waals surface area contributed by atoms with E-state index in [-0.39, 0.29) is 23.8 Å². The summed E-state index contributed by atoms with van der Waals surface area (Å²) in [5.74, 6) is 1.07. The number of carbonyl (C=O) groups is 2. The van der Waals surface area contributed by atoms with E-state index < -0.39 is 0 Å². The smallest absolute Gasteiger partial charge is 0.321 e. The van der Waals surface area contributed by atoms with Crippen LogP contribution in [0.25, 0.3) is 0 Å². The summed E-state index contributed by atoms with van der Waals surface area (Å²) in [6.07, 6.45) is 8.66. The number of allylic oxidation sites excluding steroid dienone is 1. The van der Waals surface area contributed by atoms with Crippen molar-refractivity contribution in [1.82, 2.24) is 14.9 Å². The number of rotatable bonds is 4. The van der Waals surface area contributed by atoms with Crippen LogP contribution in [0, 0.1) is 23.2 Å². The van der Waals surface area contributed by atoms with Gasteiger partial charge in [0.25, 0.3) is 0 Å². The predicted octanol–water partition coefficient (Wildman–Crippen LogP) is 5.92. The first-order valence-corrected chi connectivity index (χ1v) is 14.6. The van der Waals surface area contributed by atoms with Crippen molar-refractivity contribution in [2.75, 3.05) is 34.4 Å². The number of amides is 3. The molecule has 1 aromatic heterocycles. The Balaban J connectivity index is 1.12. The van der Waals surface area contributed by atoms with Crippen molar-refractivity contribution < 1.29 is 9.59 Å². The summed E-state index contributed by atoms with van der Waals surface area (Å²) < 4.78 is 0. The maximum absolute atomic E-state index is 13.2. The van der Waals surface area contributed by atoms with E-state index in [9.17, 15) is 14.9 Å². The number of nitrogens with zero attached hydrogens (tertiary/aromatic N) is 5. The van der Waals surface area contributed by atoms with Gasteiger partial charge in [0.2, 0.25) is 11.9 Å². The van der Waals surface area contributed by atoms with Crippen LogP contribution in [0.1, 0.15) is 36.8 Å². The Hall–Kier alpha value is -4.95. The van der Waals surface area contributed by atoms with Gasteiger partial charge in [-0.3, -0.25) is 9.79 Å². The number of aromatic nitrogens is 2. The molecule has 1 saturated heterocycles. The zero-order chi connectivity index (χ0) is 29.8. The molecule has 43 heavy (non-hydrogen) atoms. The van der Waals surface area contributed by atoms with Gasteiger partial charge < -0.3 is 26.2 Å². The Bertz CT molecular complexity index is 1670. The van der Waals surface area contributed by atoms with Crippen molar-refractivity contribution in [1.29, 1.82) is 5.26 Å². The van der Waals surface area contributed by atoms with E-state index in [1.54, 1.807) is 41.6 Å². The molecule has 3 aliphatic heterocycles. The number of fused-ring (bicyclic) bond motifs is 6. The Labute approximate surface area is 254 Å². The van der Waals surface area contributed by atoms with Gasteiger partial charge in [0, 0.05) is 54.9 Å². The number of halogens is 1. The molecule has 218 valence electrons. The summed E-state index contributed by atoms with van der Waals surface area (Å²) in [4.78, 5) is 41.0. The van der Waals surface area contributed by atoms with Gasteiger partial charge in [0.1, 0.15) is 11.1 Å². The Morgan fingerprint density at radius 2 is 2.00 bits per heavy atom. The van der Waals surface area contributed by atoms with Gasteiger partial charge in [0.05, 0.1) is 17.4 Å². The van der Waals surface area contributed by atoms with E-state index in [4.69, 9.17) is 11.6 Å². The standard InChI is InChI=1S/C31H30ClN9O2/c32-25-17-35-30-37-24-11-19(15-34-16-24)5-6-21-13-23(36-29(25)40-30)7-8-27(21)38-28(42)12-20-9-10-41(18-20)31(43)39-26-4-2-1-3-22(26)14-33/h1-4,7-8,13,15-17,19-20H,5-6,9-12,18H2,(H,38,42)(H,39,43)(H2,35,36,37,40)/t19?,20-/m0/s1. The second kappa shape index (κ2) is 12.5. The summed E-state index contributed by atoms with van der Waals surface area (Å²) in [5.41, 5.74) is 4.35. The third-order valence-corrected chi connectivity index (χ3v) is 8.07. The van der Waals surface area contributed by atoms with E-state index in [0.29, 0.717) is 47.6 Å². The van der Waals surface area contributed by atoms with Crippen molar-refractivity contribution >= 4 is 58.6 Å². The summed E-state index contributed by atoms with van der Waals surface area (Å²) in [5, 5.41) is 22.2. The monoisotopic (exact) mass is 595 g/mol. The van der Waals surface area contributed by atoms with Gasteiger partial charge in [-0.2, -0.15) is 10.2 Å². The summed E-state index contributed by atoms with van der Waals surface area (Å²) in [6, 6.07) is 14.5. The third kappa shape index (κ3) is 6.76. The molecule has 0 spiro atoms. The molecule has 1 fully saturated rings. The molecule has 6 bridgehead atoms. The highest BCUT2D eigenvalue weighted by Gasteiger charge is 2.28. The number of hydrogen-bond acceptors (Lipinski definition) is 8. The molecule has 3 aromatic rings. The number of aryl methyl sites for hydroxylation is 1. The van der Waals surface area contributed by atoms with Crippen molar-refractivity contribution in [2.45, 2.75) is 32.1 Å². The number of nitriles is 1. The van der Waals surface area contributed by atoms with Gasteiger partial charge in [-0.1, -0.05) is 23.7 Å². The minimum Gasteiger partial charge on any atom is -0.339 e. The van der Waals surface area contributed by atoms with Crippen LogP contribution in [-0.2, 0) is 11.2 Å². The van der Waals surface area contributed by atoms with Crippen LogP contribution in [0.3, 0.4) is 0 Å². The topological polar surface area (TPSA) is 147 Å². The lowest BCUT2D eigenvalue weighted by Crippen LogP contribution is -2.33. The van der Waals surface area contributed by atoms with E-state index >= 15 is 0 Å². The molecule has 4 heterocycles. The van der Waals surface area contributed by atoms with Gasteiger partial charge in [-0.25, -0.2) is 9.78 Å². The number of likely N-dealkylation sites (tertiary alicyclic amines) is 1. The van der Waals surface area contributed by atoms with Crippen LogP contribution >= 0.6 is 11.6 Å². The molecule has 2 aromatic carbocycles. The zero-order valence-electron chi connectivity index (χ0n) is 23.3. The fraction of sp³-hybridized carbons (Fsp3) is 0.290. The van der Waals surface area contributed by atoms with E-state index in [1.807, 2.05) is 24.4 Å². The number of para-hydroxylation sites is 1. The summed E-state index contributed by atoms with van der Waals surface area (Å²) in [7, 11) is 0. The number of aliphatic imine (C=N–C) groups is 1. The molecule has 12 heteroatoms. The molecular weight excluding hydrogens is 566 g/mol. The van der Waals surface area contributed by atoms with Crippen LogP contribution in [-0.4, -0.2) is 46.1 Å². The van der Waals surface area contributed by atoms with Crippen LogP contribution in [0.5, 0.6) is 0 Å². The lowest BCUT2D eigenvalue weighted by Gasteiger charge is -2.19. The molecule has 11 nitrogen and oxygen atoms in total. The minimum atomic E-state index is -0.268. The highest BCUT2D eigenvalue weighted by Crippen LogP contribution is 2.31. The highest BCUT2D eigenvalue weighted by atomic mass is 35.5. The number of benzene rings is 2. The molecule has 3 aliphatic rings. The molecule has 4 N–H and O–H groups in total. The zero-order valence-corrected chi connectivity index (χ0v) is 24.1. The van der Waals surface area contributed by atoms with E-state index in [2.05, 4.69) is 42.3 Å². The van der Waals surface area contributed by atoms with Gasteiger partial charge >= 0.3 is 6.03 Å². The SMILES string of the molecule is N#Cc1ccccc1NC(=O)N1CC[C@@H](CC(=O)Nc2ccc3cc2CCC2C=NC=C(C2)Nc2ncc(Cl)c(n2)N3)C1. The Morgan fingerprint density at radius 3 is 2.88 bits per heavy atom. The van der Waals surface area contributed by atoms with Crippen LogP contribution < -0.4 is 21.3 Å². The van der Waals surface area contributed by atoms with Crippen molar-refractivity contribution in [3.05, 3.63) is 76.7 Å². The fourth-order valence-electron chi connectivity index (χ4n) is 5.57. The second-order valence-corrected chi connectivity index (χ2v) is 11.3.